The molecule has 0 unspecified atom stereocenters. The van der Waals surface area contributed by atoms with E-state index in [1.54, 1.807) is 41.6 Å². The van der Waals surface area contributed by atoms with Gasteiger partial charge in [-0.1, -0.05) is 11.6 Å². The van der Waals surface area contributed by atoms with Gasteiger partial charge in [0.1, 0.15) is 5.82 Å². The maximum Gasteiger partial charge on any atom is 0.163 e. The van der Waals surface area contributed by atoms with Crippen LogP contribution in [-0.4, -0.2) is 29.5 Å². The normalized spacial score (nSPS) is 11.1. The standard InChI is InChI=1S/C17H12ClFN6/c18-14-9-22-17(13-8-23-25-6-5-20-10-16(13)25)24-15(14)4-3-12-2-1-11(19)7-21-12/h1-2,5-10H,3-4H2. The maximum atomic E-state index is 12.9. The topological polar surface area (TPSA) is 68.9 Å². The fourth-order valence-electron chi connectivity index (χ4n) is 2.52. The minimum absolute atomic E-state index is 0.354. The number of hydrogen-bond donors (Lipinski definition) is 0. The lowest BCUT2D eigenvalue weighted by Gasteiger charge is -2.05. The molecule has 0 radical (unpaired) electrons. The minimum Gasteiger partial charge on any atom is -0.261 e. The van der Waals surface area contributed by atoms with Gasteiger partial charge in [0.2, 0.25) is 0 Å². The molecule has 0 saturated heterocycles. The van der Waals surface area contributed by atoms with E-state index >= 15 is 0 Å². The van der Waals surface area contributed by atoms with E-state index in [1.165, 1.54) is 12.3 Å². The van der Waals surface area contributed by atoms with Crippen molar-refractivity contribution in [2.24, 2.45) is 0 Å². The molecule has 4 aromatic heterocycles. The summed E-state index contributed by atoms with van der Waals surface area (Å²) in [7, 11) is 0. The Morgan fingerprint density at radius 2 is 1.96 bits per heavy atom. The SMILES string of the molecule is Fc1ccc(CCc2nc(-c3cnn4ccncc34)ncc2Cl)nc1. The number of halogens is 2. The molecule has 25 heavy (non-hydrogen) atoms. The van der Waals surface area contributed by atoms with E-state index in [-0.39, 0.29) is 5.82 Å². The lowest BCUT2D eigenvalue weighted by Crippen LogP contribution is -2.01. The van der Waals surface area contributed by atoms with Gasteiger partial charge in [0.25, 0.3) is 0 Å². The van der Waals surface area contributed by atoms with Gasteiger partial charge in [-0.25, -0.2) is 18.9 Å². The van der Waals surface area contributed by atoms with Crippen molar-refractivity contribution < 1.29 is 4.39 Å². The van der Waals surface area contributed by atoms with Gasteiger partial charge < -0.3 is 0 Å². The molecule has 0 aliphatic rings. The highest BCUT2D eigenvalue weighted by Gasteiger charge is 2.12. The third-order valence-corrected chi connectivity index (χ3v) is 4.10. The molecule has 0 aromatic carbocycles. The van der Waals surface area contributed by atoms with Gasteiger partial charge in [0, 0.05) is 24.3 Å². The summed E-state index contributed by atoms with van der Waals surface area (Å²) < 4.78 is 14.6. The maximum absolute atomic E-state index is 12.9. The second kappa shape index (κ2) is 6.52. The predicted molar refractivity (Wildman–Crippen MR) is 90.6 cm³/mol. The summed E-state index contributed by atoms with van der Waals surface area (Å²) in [5, 5.41) is 4.75. The van der Waals surface area contributed by atoms with Crippen LogP contribution in [-0.2, 0) is 12.8 Å². The number of rotatable bonds is 4. The van der Waals surface area contributed by atoms with Crippen molar-refractivity contribution in [2.45, 2.75) is 12.8 Å². The molecule has 4 heterocycles. The Morgan fingerprint density at radius 1 is 1.04 bits per heavy atom. The molecular formula is C17H12ClFN6. The average molecular weight is 355 g/mol. The van der Waals surface area contributed by atoms with Crippen LogP contribution in [0.25, 0.3) is 16.9 Å². The highest BCUT2D eigenvalue weighted by molar-refractivity contribution is 6.31. The van der Waals surface area contributed by atoms with Crippen LogP contribution in [0.5, 0.6) is 0 Å². The molecule has 0 fully saturated rings. The zero-order valence-corrected chi connectivity index (χ0v) is 13.7. The van der Waals surface area contributed by atoms with E-state index in [9.17, 15) is 4.39 Å². The number of hydrogen-bond acceptors (Lipinski definition) is 5. The molecule has 0 bridgehead atoms. The molecular weight excluding hydrogens is 343 g/mol. The second-order valence-electron chi connectivity index (χ2n) is 5.42. The Morgan fingerprint density at radius 3 is 2.80 bits per heavy atom. The molecule has 0 amide bonds. The van der Waals surface area contributed by atoms with Crippen LogP contribution >= 0.6 is 11.6 Å². The van der Waals surface area contributed by atoms with Crippen molar-refractivity contribution in [2.75, 3.05) is 0 Å². The first kappa shape index (κ1) is 15.6. The van der Waals surface area contributed by atoms with Crippen LogP contribution in [0.3, 0.4) is 0 Å². The van der Waals surface area contributed by atoms with Gasteiger partial charge in [-0.3, -0.25) is 9.97 Å². The highest BCUT2D eigenvalue weighted by Crippen LogP contribution is 2.23. The Balaban J connectivity index is 1.63. The van der Waals surface area contributed by atoms with Gasteiger partial charge in [-0.15, -0.1) is 0 Å². The summed E-state index contributed by atoms with van der Waals surface area (Å²) in [6, 6.07) is 3.05. The molecule has 4 aromatic rings. The van der Waals surface area contributed by atoms with Crippen LogP contribution in [0.15, 0.2) is 49.3 Å². The molecule has 0 aliphatic heterocycles. The van der Waals surface area contributed by atoms with Gasteiger partial charge in [0.15, 0.2) is 5.82 Å². The van der Waals surface area contributed by atoms with Crippen LogP contribution in [0, 0.1) is 5.82 Å². The summed E-state index contributed by atoms with van der Waals surface area (Å²) in [4.78, 5) is 17.0. The Hall–Kier alpha value is -2.93. The zero-order chi connectivity index (χ0) is 17.2. The van der Waals surface area contributed by atoms with Crippen molar-refractivity contribution in [3.05, 3.63) is 71.5 Å². The number of pyridine rings is 1. The van der Waals surface area contributed by atoms with E-state index in [0.29, 0.717) is 29.4 Å². The number of nitrogens with zero attached hydrogens (tertiary/aromatic N) is 6. The molecule has 0 N–H and O–H groups in total. The van der Waals surface area contributed by atoms with Crippen molar-refractivity contribution in [3.63, 3.8) is 0 Å². The van der Waals surface area contributed by atoms with Gasteiger partial charge in [0.05, 0.1) is 40.4 Å². The fraction of sp³-hybridized carbons (Fsp3) is 0.118. The predicted octanol–water partition coefficient (Wildman–Crippen LogP) is 3.16. The molecule has 6 nitrogen and oxygen atoms in total. The molecule has 8 heteroatoms. The summed E-state index contributed by atoms with van der Waals surface area (Å²) in [5.74, 6) is 0.183. The lowest BCUT2D eigenvalue weighted by atomic mass is 10.1. The molecule has 0 spiro atoms. The number of aryl methyl sites for hydroxylation is 2. The monoisotopic (exact) mass is 354 g/mol. The van der Waals surface area contributed by atoms with Gasteiger partial charge in [-0.05, 0) is 25.0 Å². The summed E-state index contributed by atoms with van der Waals surface area (Å²) >= 11 is 6.23. The van der Waals surface area contributed by atoms with Crippen LogP contribution in [0.1, 0.15) is 11.4 Å². The van der Waals surface area contributed by atoms with Gasteiger partial charge in [-0.2, -0.15) is 5.10 Å². The molecule has 0 atom stereocenters. The Kier molecular flexibility index (Phi) is 4.07. The molecule has 124 valence electrons. The second-order valence-corrected chi connectivity index (χ2v) is 5.83. The first-order valence-corrected chi connectivity index (χ1v) is 7.98. The van der Waals surface area contributed by atoms with Crippen LogP contribution < -0.4 is 0 Å². The Labute approximate surface area is 147 Å². The zero-order valence-electron chi connectivity index (χ0n) is 13.0. The van der Waals surface area contributed by atoms with Gasteiger partial charge >= 0.3 is 0 Å². The number of aromatic nitrogens is 6. The Bertz CT molecular complexity index is 1030. The first-order valence-electron chi connectivity index (χ1n) is 7.60. The van der Waals surface area contributed by atoms with Crippen molar-refractivity contribution >= 4 is 17.1 Å². The summed E-state index contributed by atoms with van der Waals surface area (Å²) in [6.45, 7) is 0. The first-order chi connectivity index (χ1) is 12.2. The third-order valence-electron chi connectivity index (χ3n) is 3.79. The number of fused-ring (bicyclic) bond motifs is 1. The highest BCUT2D eigenvalue weighted by atomic mass is 35.5. The third kappa shape index (κ3) is 3.18. The lowest BCUT2D eigenvalue weighted by molar-refractivity contribution is 0.618. The largest absolute Gasteiger partial charge is 0.261 e. The van der Waals surface area contributed by atoms with E-state index in [4.69, 9.17) is 11.6 Å². The smallest absolute Gasteiger partial charge is 0.163 e. The fourth-order valence-corrected chi connectivity index (χ4v) is 2.70. The van der Waals surface area contributed by atoms with Crippen molar-refractivity contribution in [3.8, 4) is 11.4 Å². The van der Waals surface area contributed by atoms with Crippen molar-refractivity contribution in [1.29, 1.82) is 0 Å². The van der Waals surface area contributed by atoms with Crippen molar-refractivity contribution in [1.82, 2.24) is 29.5 Å². The molecule has 4 rings (SSSR count). The van der Waals surface area contributed by atoms with Crippen LogP contribution in [0.2, 0.25) is 5.02 Å². The van der Waals surface area contributed by atoms with E-state index in [2.05, 4.69) is 25.0 Å². The molecule has 0 saturated carbocycles. The molecule has 0 aliphatic carbocycles. The average Bonchev–Trinajstić information content (AvgIpc) is 3.07. The van der Waals surface area contributed by atoms with E-state index < -0.39 is 0 Å². The minimum atomic E-state index is -0.354. The van der Waals surface area contributed by atoms with Crippen LogP contribution in [0.4, 0.5) is 4.39 Å². The summed E-state index contributed by atoms with van der Waals surface area (Å²) in [6.07, 6.45) is 10.8. The van der Waals surface area contributed by atoms with E-state index in [0.717, 1.165) is 16.8 Å². The summed E-state index contributed by atoms with van der Waals surface area (Å²) in [5.41, 5.74) is 3.08. The quantitative estimate of drug-likeness (QED) is 0.563. The van der Waals surface area contributed by atoms with E-state index in [1.807, 2.05) is 0 Å².